The minimum absolute atomic E-state index is 0.00211. The summed E-state index contributed by atoms with van der Waals surface area (Å²) in [5, 5.41) is 2.93. The first-order valence-electron chi connectivity index (χ1n) is 9.34. The number of nitrogens with zero attached hydrogens (tertiary/aromatic N) is 1. The third-order valence-electron chi connectivity index (χ3n) is 5.09. The van der Waals surface area contributed by atoms with E-state index in [-0.39, 0.29) is 30.3 Å². The summed E-state index contributed by atoms with van der Waals surface area (Å²) in [6.07, 6.45) is 0.181. The quantitative estimate of drug-likeness (QED) is 0.797. The zero-order chi connectivity index (χ0) is 20.1. The lowest BCUT2D eigenvalue weighted by molar-refractivity contribution is -0.128. The van der Waals surface area contributed by atoms with Crippen LogP contribution in [0.15, 0.2) is 48.5 Å². The number of methoxy groups -OCH3 is 2. The van der Waals surface area contributed by atoms with Gasteiger partial charge in [0, 0.05) is 32.3 Å². The molecule has 1 N–H and O–H groups in total. The SMILES string of the molecule is COc1ccc(CN2CC(C(=O)Nc3cccc(C(C)OC)c3)CC2=O)cc1. The fourth-order valence-corrected chi connectivity index (χ4v) is 3.30. The predicted octanol–water partition coefficient (Wildman–Crippen LogP) is 3.39. The van der Waals surface area contributed by atoms with Crippen molar-refractivity contribution in [2.75, 3.05) is 26.1 Å². The number of anilines is 1. The van der Waals surface area contributed by atoms with Crippen LogP contribution >= 0.6 is 0 Å². The molecule has 1 fully saturated rings. The highest BCUT2D eigenvalue weighted by atomic mass is 16.5. The van der Waals surface area contributed by atoms with E-state index in [1.807, 2.05) is 55.5 Å². The van der Waals surface area contributed by atoms with Crippen molar-refractivity contribution in [3.05, 3.63) is 59.7 Å². The third kappa shape index (κ3) is 4.70. The maximum absolute atomic E-state index is 12.7. The molecule has 148 valence electrons. The van der Waals surface area contributed by atoms with Crippen LogP contribution in [0, 0.1) is 5.92 Å². The standard InChI is InChI=1S/C22H26N2O4/c1-15(27-2)17-5-4-6-19(11-17)23-22(26)18-12-21(25)24(14-18)13-16-7-9-20(28-3)10-8-16/h4-11,15,18H,12-14H2,1-3H3,(H,23,26). The molecule has 2 unspecified atom stereocenters. The topological polar surface area (TPSA) is 67.9 Å². The minimum Gasteiger partial charge on any atom is -0.497 e. The Labute approximate surface area is 165 Å². The van der Waals surface area contributed by atoms with Gasteiger partial charge in [-0.2, -0.15) is 0 Å². The maximum Gasteiger partial charge on any atom is 0.229 e. The molecule has 0 saturated carbocycles. The summed E-state index contributed by atoms with van der Waals surface area (Å²) < 4.78 is 10.5. The van der Waals surface area contributed by atoms with Gasteiger partial charge in [0.15, 0.2) is 0 Å². The van der Waals surface area contributed by atoms with Crippen LogP contribution < -0.4 is 10.1 Å². The van der Waals surface area contributed by atoms with Crippen LogP contribution in [-0.2, 0) is 20.9 Å². The molecule has 2 aromatic rings. The van der Waals surface area contributed by atoms with Gasteiger partial charge in [-0.05, 0) is 42.3 Å². The first-order chi connectivity index (χ1) is 13.5. The summed E-state index contributed by atoms with van der Waals surface area (Å²) in [5.41, 5.74) is 2.72. The van der Waals surface area contributed by atoms with Gasteiger partial charge in [-0.3, -0.25) is 9.59 Å². The molecule has 0 bridgehead atoms. The predicted molar refractivity (Wildman–Crippen MR) is 107 cm³/mol. The van der Waals surface area contributed by atoms with Crippen molar-refractivity contribution < 1.29 is 19.1 Å². The fourth-order valence-electron chi connectivity index (χ4n) is 3.30. The number of amides is 2. The third-order valence-corrected chi connectivity index (χ3v) is 5.09. The van der Waals surface area contributed by atoms with E-state index in [9.17, 15) is 9.59 Å². The molecule has 2 atom stereocenters. The molecule has 3 rings (SSSR count). The molecule has 1 saturated heterocycles. The number of ether oxygens (including phenoxy) is 2. The van der Waals surface area contributed by atoms with E-state index in [1.165, 1.54) is 0 Å². The molecule has 0 radical (unpaired) electrons. The average Bonchev–Trinajstić information content (AvgIpc) is 3.08. The molecule has 0 aromatic heterocycles. The van der Waals surface area contributed by atoms with Crippen LogP contribution in [0.4, 0.5) is 5.69 Å². The van der Waals surface area contributed by atoms with Gasteiger partial charge in [0.05, 0.1) is 19.1 Å². The second kappa shape index (κ2) is 8.89. The Morgan fingerprint density at radius 1 is 1.21 bits per heavy atom. The highest BCUT2D eigenvalue weighted by molar-refractivity contribution is 5.97. The summed E-state index contributed by atoms with van der Waals surface area (Å²) in [6, 6.07) is 15.2. The lowest BCUT2D eigenvalue weighted by Gasteiger charge is -2.17. The summed E-state index contributed by atoms with van der Waals surface area (Å²) >= 11 is 0. The van der Waals surface area contributed by atoms with Gasteiger partial charge >= 0.3 is 0 Å². The molecule has 6 heteroatoms. The molecular weight excluding hydrogens is 356 g/mol. The van der Waals surface area contributed by atoms with E-state index in [0.717, 1.165) is 16.9 Å². The van der Waals surface area contributed by atoms with Crippen LogP contribution in [0.5, 0.6) is 5.75 Å². The largest absolute Gasteiger partial charge is 0.497 e. The van der Waals surface area contributed by atoms with Crippen molar-refractivity contribution in [3.63, 3.8) is 0 Å². The molecule has 0 spiro atoms. The van der Waals surface area contributed by atoms with Crippen LogP contribution in [0.1, 0.15) is 30.6 Å². The monoisotopic (exact) mass is 382 g/mol. The lowest BCUT2D eigenvalue weighted by atomic mass is 10.1. The molecule has 6 nitrogen and oxygen atoms in total. The average molecular weight is 382 g/mol. The zero-order valence-electron chi connectivity index (χ0n) is 16.5. The Bertz CT molecular complexity index is 835. The van der Waals surface area contributed by atoms with Gasteiger partial charge in [-0.25, -0.2) is 0 Å². The second-order valence-electron chi connectivity index (χ2n) is 7.02. The first kappa shape index (κ1) is 19.9. The number of rotatable bonds is 7. The number of hydrogen-bond acceptors (Lipinski definition) is 4. The van der Waals surface area contributed by atoms with Gasteiger partial charge in [-0.1, -0.05) is 24.3 Å². The summed E-state index contributed by atoms with van der Waals surface area (Å²) in [6.45, 7) is 2.87. The summed E-state index contributed by atoms with van der Waals surface area (Å²) in [4.78, 5) is 26.7. The van der Waals surface area contributed by atoms with Crippen LogP contribution in [0.25, 0.3) is 0 Å². The molecule has 1 heterocycles. The number of hydrogen-bond donors (Lipinski definition) is 1. The van der Waals surface area contributed by atoms with E-state index < -0.39 is 0 Å². The van der Waals surface area contributed by atoms with Crippen LogP contribution in [-0.4, -0.2) is 37.5 Å². The second-order valence-corrected chi connectivity index (χ2v) is 7.02. The highest BCUT2D eigenvalue weighted by Gasteiger charge is 2.34. The van der Waals surface area contributed by atoms with Gasteiger partial charge < -0.3 is 19.7 Å². The van der Waals surface area contributed by atoms with Crippen molar-refractivity contribution in [3.8, 4) is 5.75 Å². The molecule has 1 aliphatic heterocycles. The fraction of sp³-hybridized carbons (Fsp3) is 0.364. The minimum atomic E-state index is -0.353. The van der Waals surface area contributed by atoms with Gasteiger partial charge in [0.2, 0.25) is 11.8 Å². The van der Waals surface area contributed by atoms with Crippen molar-refractivity contribution in [1.29, 1.82) is 0 Å². The number of nitrogens with one attached hydrogen (secondary N) is 1. The first-order valence-corrected chi connectivity index (χ1v) is 9.34. The van der Waals surface area contributed by atoms with Crippen molar-refractivity contribution in [2.24, 2.45) is 5.92 Å². The van der Waals surface area contributed by atoms with Gasteiger partial charge in [-0.15, -0.1) is 0 Å². The molecule has 1 aliphatic rings. The van der Waals surface area contributed by atoms with E-state index >= 15 is 0 Å². The summed E-state index contributed by atoms with van der Waals surface area (Å²) in [7, 11) is 3.27. The number of carbonyl (C=O) groups excluding carboxylic acids is 2. The van der Waals surface area contributed by atoms with Crippen LogP contribution in [0.3, 0.4) is 0 Å². The van der Waals surface area contributed by atoms with Crippen molar-refractivity contribution in [1.82, 2.24) is 4.90 Å². The Morgan fingerprint density at radius 2 is 1.96 bits per heavy atom. The van der Waals surface area contributed by atoms with E-state index in [1.54, 1.807) is 19.1 Å². The van der Waals surface area contributed by atoms with Crippen LogP contribution in [0.2, 0.25) is 0 Å². The van der Waals surface area contributed by atoms with E-state index in [0.29, 0.717) is 18.8 Å². The van der Waals surface area contributed by atoms with Gasteiger partial charge in [0.1, 0.15) is 5.75 Å². The number of benzene rings is 2. The Balaban J connectivity index is 1.60. The normalized spacial score (nSPS) is 17.5. The molecule has 2 aromatic carbocycles. The highest BCUT2D eigenvalue weighted by Crippen LogP contribution is 2.24. The lowest BCUT2D eigenvalue weighted by Crippen LogP contribution is -2.28. The Kier molecular flexibility index (Phi) is 6.31. The number of likely N-dealkylation sites (tertiary alicyclic amines) is 1. The summed E-state index contributed by atoms with van der Waals surface area (Å²) in [5.74, 6) is 0.290. The molecule has 2 amide bonds. The maximum atomic E-state index is 12.7. The van der Waals surface area contributed by atoms with E-state index in [2.05, 4.69) is 5.32 Å². The molecule has 0 aliphatic carbocycles. The smallest absolute Gasteiger partial charge is 0.229 e. The Hall–Kier alpha value is -2.86. The van der Waals surface area contributed by atoms with Crippen molar-refractivity contribution in [2.45, 2.75) is 26.0 Å². The van der Waals surface area contributed by atoms with E-state index in [4.69, 9.17) is 9.47 Å². The van der Waals surface area contributed by atoms with Crippen molar-refractivity contribution >= 4 is 17.5 Å². The molecular formula is C22H26N2O4. The number of carbonyl (C=O) groups is 2. The molecule has 28 heavy (non-hydrogen) atoms. The van der Waals surface area contributed by atoms with Gasteiger partial charge in [0.25, 0.3) is 0 Å². The zero-order valence-corrected chi connectivity index (χ0v) is 16.5. The Morgan fingerprint density at radius 3 is 2.64 bits per heavy atom.